The molecule has 6 nitrogen and oxygen atoms in total. The van der Waals surface area contributed by atoms with Crippen LogP contribution in [0, 0.1) is 6.92 Å². The molecule has 1 aromatic rings. The van der Waals surface area contributed by atoms with Crippen LogP contribution in [0.4, 0.5) is 5.69 Å². The number of piperidine rings is 1. The average molecular weight is 394 g/mol. The van der Waals surface area contributed by atoms with Crippen LogP contribution in [0.25, 0.3) is 0 Å². The van der Waals surface area contributed by atoms with Crippen LogP contribution in [0.15, 0.2) is 24.3 Å². The number of anilines is 1. The molecule has 2 rings (SSSR count). The van der Waals surface area contributed by atoms with Gasteiger partial charge in [0.1, 0.15) is 0 Å². The van der Waals surface area contributed by atoms with E-state index in [-0.39, 0.29) is 28.9 Å². The first kappa shape index (κ1) is 21.7. The third-order valence-corrected chi connectivity index (χ3v) is 5.73. The lowest BCUT2D eigenvalue weighted by atomic mass is 10.1. The molecule has 1 fully saturated rings. The largest absolute Gasteiger partial charge is 0.378 e. The fourth-order valence-corrected chi connectivity index (χ4v) is 3.70. The molecule has 0 aromatic heterocycles. The first-order valence-electron chi connectivity index (χ1n) is 9.58. The fourth-order valence-electron chi connectivity index (χ4n) is 2.94. The van der Waals surface area contributed by atoms with Crippen molar-refractivity contribution in [2.45, 2.75) is 44.5 Å². The number of benzene rings is 1. The molecule has 0 spiro atoms. The Morgan fingerprint density at radius 1 is 1.30 bits per heavy atom. The summed E-state index contributed by atoms with van der Waals surface area (Å²) in [4.78, 5) is 26.6. The van der Waals surface area contributed by atoms with Crippen molar-refractivity contribution in [3.63, 3.8) is 0 Å². The Hall–Kier alpha value is -1.57. The van der Waals surface area contributed by atoms with Crippen molar-refractivity contribution >= 4 is 29.3 Å². The molecule has 0 saturated carbocycles. The molecule has 27 heavy (non-hydrogen) atoms. The zero-order valence-electron chi connectivity index (χ0n) is 16.3. The van der Waals surface area contributed by atoms with Crippen LogP contribution in [0.3, 0.4) is 0 Å². The van der Waals surface area contributed by atoms with Gasteiger partial charge in [-0.3, -0.25) is 9.59 Å². The summed E-state index contributed by atoms with van der Waals surface area (Å²) in [5, 5.41) is 2.63. The Balaban J connectivity index is 1.68. The number of amides is 2. The number of carbonyl (C=O) groups excluding carboxylic acids is 2. The van der Waals surface area contributed by atoms with E-state index in [0.29, 0.717) is 26.2 Å². The Bertz CT molecular complexity index is 601. The molecule has 1 saturated heterocycles. The maximum Gasteiger partial charge on any atom is 0.235 e. The Morgan fingerprint density at radius 2 is 1.96 bits per heavy atom. The minimum atomic E-state index is -0.233. The number of likely N-dealkylation sites (tertiary alicyclic amines) is 1. The van der Waals surface area contributed by atoms with Crippen LogP contribution in [-0.2, 0) is 14.3 Å². The maximum atomic E-state index is 12.6. The summed E-state index contributed by atoms with van der Waals surface area (Å²) in [6.45, 7) is 6.64. The topological polar surface area (TPSA) is 84.7 Å². The van der Waals surface area contributed by atoms with Crippen molar-refractivity contribution in [3.05, 3.63) is 29.8 Å². The first-order chi connectivity index (χ1) is 13.0. The summed E-state index contributed by atoms with van der Waals surface area (Å²) in [6, 6.07) is 7.68. The average Bonchev–Trinajstić information content (AvgIpc) is 2.68. The summed E-state index contributed by atoms with van der Waals surface area (Å²) in [7, 11) is 0. The first-order valence-corrected chi connectivity index (χ1v) is 10.6. The van der Waals surface area contributed by atoms with Crippen LogP contribution in [-0.4, -0.2) is 60.1 Å². The lowest BCUT2D eigenvalue weighted by molar-refractivity contribution is -0.132. The van der Waals surface area contributed by atoms with E-state index < -0.39 is 0 Å². The van der Waals surface area contributed by atoms with E-state index in [9.17, 15) is 9.59 Å². The molecule has 7 heteroatoms. The van der Waals surface area contributed by atoms with E-state index in [2.05, 4.69) is 5.32 Å². The van der Waals surface area contributed by atoms with E-state index in [1.54, 1.807) is 0 Å². The highest BCUT2D eigenvalue weighted by atomic mass is 32.2. The number of nitrogens with two attached hydrogens (primary N) is 1. The van der Waals surface area contributed by atoms with Gasteiger partial charge in [-0.2, -0.15) is 0 Å². The lowest BCUT2D eigenvalue weighted by Gasteiger charge is -2.33. The normalized spacial score (nSPS) is 16.2. The number of aryl methyl sites for hydroxylation is 1. The van der Waals surface area contributed by atoms with Gasteiger partial charge in [-0.1, -0.05) is 17.7 Å². The molecule has 1 aliphatic heterocycles. The number of ether oxygens (including phenoxy) is 1. The van der Waals surface area contributed by atoms with Crippen LogP contribution in [0.2, 0.25) is 0 Å². The molecule has 150 valence electrons. The van der Waals surface area contributed by atoms with Gasteiger partial charge in [-0.25, -0.2) is 0 Å². The van der Waals surface area contributed by atoms with Crippen molar-refractivity contribution < 1.29 is 14.3 Å². The molecular weight excluding hydrogens is 362 g/mol. The zero-order valence-corrected chi connectivity index (χ0v) is 17.1. The monoisotopic (exact) mass is 393 g/mol. The third kappa shape index (κ3) is 7.52. The number of hydrogen-bond donors (Lipinski definition) is 2. The van der Waals surface area contributed by atoms with Gasteiger partial charge >= 0.3 is 0 Å². The molecule has 0 bridgehead atoms. The number of nitrogens with zero attached hydrogens (tertiary/aromatic N) is 1. The van der Waals surface area contributed by atoms with Gasteiger partial charge in [0.2, 0.25) is 11.8 Å². The standard InChI is InChI=1S/C20H31N3O3S/c1-15-4-6-17(7-5-15)22-19(24)14-27-16(2)20(25)23-11-8-18(9-12-23)26-13-3-10-21/h4-7,16,18H,3,8-14,21H2,1-2H3,(H,22,24). The van der Waals surface area contributed by atoms with Gasteiger partial charge in [-0.15, -0.1) is 11.8 Å². The van der Waals surface area contributed by atoms with Crippen LogP contribution in [0.5, 0.6) is 0 Å². The summed E-state index contributed by atoms with van der Waals surface area (Å²) in [5.74, 6) is 0.276. The molecule has 3 N–H and O–H groups in total. The van der Waals surface area contributed by atoms with Gasteiger partial charge < -0.3 is 20.7 Å². The van der Waals surface area contributed by atoms with Gasteiger partial charge in [0.15, 0.2) is 0 Å². The van der Waals surface area contributed by atoms with Crippen molar-refractivity contribution in [2.24, 2.45) is 5.73 Å². The van der Waals surface area contributed by atoms with Crippen LogP contribution < -0.4 is 11.1 Å². The lowest BCUT2D eigenvalue weighted by Crippen LogP contribution is -2.44. The van der Waals surface area contributed by atoms with E-state index in [1.165, 1.54) is 11.8 Å². The SMILES string of the molecule is Cc1ccc(NC(=O)CSC(C)C(=O)N2CCC(OCCCN)CC2)cc1. The van der Waals surface area contributed by atoms with Gasteiger partial charge in [0.25, 0.3) is 0 Å². The molecule has 1 unspecified atom stereocenters. The Labute approximate surface area is 166 Å². The van der Waals surface area contributed by atoms with Gasteiger partial charge in [0, 0.05) is 25.4 Å². The molecule has 1 aromatic carbocycles. The summed E-state index contributed by atoms with van der Waals surface area (Å²) >= 11 is 1.38. The summed E-state index contributed by atoms with van der Waals surface area (Å²) in [5.41, 5.74) is 7.40. The van der Waals surface area contributed by atoms with Crippen molar-refractivity contribution in [1.82, 2.24) is 4.90 Å². The van der Waals surface area contributed by atoms with E-state index in [1.807, 2.05) is 43.0 Å². The second-order valence-electron chi connectivity index (χ2n) is 6.91. The third-order valence-electron chi connectivity index (χ3n) is 4.60. The highest BCUT2D eigenvalue weighted by Crippen LogP contribution is 2.19. The van der Waals surface area contributed by atoms with E-state index in [0.717, 1.165) is 30.5 Å². The van der Waals surface area contributed by atoms with E-state index in [4.69, 9.17) is 10.5 Å². The van der Waals surface area contributed by atoms with Crippen molar-refractivity contribution in [3.8, 4) is 0 Å². The predicted octanol–water partition coefficient (Wildman–Crippen LogP) is 2.41. The molecule has 1 heterocycles. The number of thioether (sulfide) groups is 1. The van der Waals surface area contributed by atoms with Gasteiger partial charge in [-0.05, 0) is 51.8 Å². The minimum absolute atomic E-state index is 0.0875. The predicted molar refractivity (Wildman–Crippen MR) is 111 cm³/mol. The molecular formula is C20H31N3O3S. The molecule has 1 atom stereocenters. The smallest absolute Gasteiger partial charge is 0.235 e. The van der Waals surface area contributed by atoms with Crippen molar-refractivity contribution in [2.75, 3.05) is 37.3 Å². The Kier molecular flexibility index (Phi) is 9.10. The fraction of sp³-hybridized carbons (Fsp3) is 0.600. The molecule has 0 radical (unpaired) electrons. The molecule has 0 aliphatic carbocycles. The quantitative estimate of drug-likeness (QED) is 0.630. The van der Waals surface area contributed by atoms with Crippen LogP contribution in [0.1, 0.15) is 31.7 Å². The second kappa shape index (κ2) is 11.3. The number of rotatable bonds is 9. The minimum Gasteiger partial charge on any atom is -0.378 e. The van der Waals surface area contributed by atoms with E-state index >= 15 is 0 Å². The molecule has 2 amide bonds. The number of hydrogen-bond acceptors (Lipinski definition) is 5. The number of nitrogens with one attached hydrogen (secondary N) is 1. The summed E-state index contributed by atoms with van der Waals surface area (Å²) in [6.07, 6.45) is 2.82. The molecule has 1 aliphatic rings. The number of carbonyl (C=O) groups is 2. The van der Waals surface area contributed by atoms with Gasteiger partial charge in [0.05, 0.1) is 17.1 Å². The van der Waals surface area contributed by atoms with Crippen LogP contribution >= 0.6 is 11.8 Å². The van der Waals surface area contributed by atoms with Crippen molar-refractivity contribution in [1.29, 1.82) is 0 Å². The second-order valence-corrected chi connectivity index (χ2v) is 8.23. The Morgan fingerprint density at radius 3 is 2.59 bits per heavy atom. The highest BCUT2D eigenvalue weighted by molar-refractivity contribution is 8.01. The zero-order chi connectivity index (χ0) is 19.6. The maximum absolute atomic E-state index is 12.6. The summed E-state index contributed by atoms with van der Waals surface area (Å²) < 4.78 is 5.78. The highest BCUT2D eigenvalue weighted by Gasteiger charge is 2.26.